The summed E-state index contributed by atoms with van der Waals surface area (Å²) in [6.07, 6.45) is 0. The van der Waals surface area contributed by atoms with E-state index in [0.717, 1.165) is 16.8 Å². The van der Waals surface area contributed by atoms with E-state index in [0.29, 0.717) is 18.3 Å². The van der Waals surface area contributed by atoms with Crippen LogP contribution in [0.1, 0.15) is 25.0 Å². The Bertz CT molecular complexity index is 608. The van der Waals surface area contributed by atoms with Gasteiger partial charge in [0.25, 0.3) is 0 Å². The Morgan fingerprint density at radius 2 is 1.86 bits per heavy atom. The molecule has 0 aliphatic carbocycles. The highest BCUT2D eigenvalue weighted by Gasteiger charge is 2.14. The molecule has 0 aliphatic heterocycles. The van der Waals surface area contributed by atoms with Gasteiger partial charge >= 0.3 is 0 Å². The van der Waals surface area contributed by atoms with Gasteiger partial charge in [-0.2, -0.15) is 0 Å². The maximum atomic E-state index is 14.3. The van der Waals surface area contributed by atoms with Crippen molar-refractivity contribution in [1.29, 1.82) is 0 Å². The Hall–Kier alpha value is -1.87. The third-order valence-electron chi connectivity index (χ3n) is 3.50. The number of para-hydroxylation sites is 1. The van der Waals surface area contributed by atoms with E-state index in [4.69, 9.17) is 0 Å². The number of rotatable bonds is 5. The Kier molecular flexibility index (Phi) is 4.97. The summed E-state index contributed by atoms with van der Waals surface area (Å²) in [4.78, 5) is 1.92. The summed E-state index contributed by atoms with van der Waals surface area (Å²) in [5.41, 5.74) is 3.76. The molecule has 0 unspecified atom stereocenters. The van der Waals surface area contributed by atoms with E-state index >= 15 is 0 Å². The van der Waals surface area contributed by atoms with Gasteiger partial charge in [-0.15, -0.1) is 0 Å². The summed E-state index contributed by atoms with van der Waals surface area (Å²) >= 11 is 0. The first-order valence-electron chi connectivity index (χ1n) is 7.30. The summed E-state index contributed by atoms with van der Waals surface area (Å²) < 4.78 is 14.3. The fraction of sp³-hybridized carbons (Fsp3) is 0.333. The van der Waals surface area contributed by atoms with Crippen LogP contribution in [0.15, 0.2) is 42.5 Å². The molecule has 0 saturated heterocycles. The average molecular weight is 286 g/mol. The Balaban J connectivity index is 2.37. The van der Waals surface area contributed by atoms with Crippen molar-refractivity contribution in [2.45, 2.75) is 33.4 Å². The minimum absolute atomic E-state index is 0.193. The lowest BCUT2D eigenvalue weighted by Crippen LogP contribution is -2.24. The van der Waals surface area contributed by atoms with Gasteiger partial charge < -0.3 is 10.2 Å². The highest BCUT2D eigenvalue weighted by molar-refractivity contribution is 5.66. The van der Waals surface area contributed by atoms with Gasteiger partial charge in [0.05, 0.1) is 5.69 Å². The van der Waals surface area contributed by atoms with Crippen LogP contribution in [0.3, 0.4) is 0 Å². The molecule has 0 saturated carbocycles. The van der Waals surface area contributed by atoms with Crippen molar-refractivity contribution < 1.29 is 4.39 Å². The molecule has 1 N–H and O–H groups in total. The van der Waals surface area contributed by atoms with Crippen LogP contribution >= 0.6 is 0 Å². The lowest BCUT2D eigenvalue weighted by atomic mass is 10.1. The van der Waals surface area contributed by atoms with Gasteiger partial charge in [-0.3, -0.25) is 0 Å². The van der Waals surface area contributed by atoms with Crippen molar-refractivity contribution in [3.8, 4) is 0 Å². The summed E-state index contributed by atoms with van der Waals surface area (Å²) in [5, 5.41) is 3.35. The molecule has 0 amide bonds. The topological polar surface area (TPSA) is 15.3 Å². The third kappa shape index (κ3) is 3.82. The molecule has 2 rings (SSSR count). The number of anilines is 2. The maximum absolute atomic E-state index is 14.3. The molecule has 0 radical (unpaired) electrons. The zero-order chi connectivity index (χ0) is 15.4. The number of halogens is 1. The second-order valence-corrected chi connectivity index (χ2v) is 5.68. The van der Waals surface area contributed by atoms with Crippen molar-refractivity contribution in [2.24, 2.45) is 0 Å². The quantitative estimate of drug-likeness (QED) is 0.876. The van der Waals surface area contributed by atoms with Crippen LogP contribution in [-0.2, 0) is 6.54 Å². The molecule has 2 aromatic rings. The number of benzene rings is 2. The van der Waals surface area contributed by atoms with Crippen LogP contribution in [-0.4, -0.2) is 13.1 Å². The first-order valence-corrected chi connectivity index (χ1v) is 7.30. The number of hydrogen-bond acceptors (Lipinski definition) is 2. The monoisotopic (exact) mass is 286 g/mol. The highest BCUT2D eigenvalue weighted by atomic mass is 19.1. The fourth-order valence-corrected chi connectivity index (χ4v) is 2.36. The second-order valence-electron chi connectivity index (χ2n) is 5.68. The van der Waals surface area contributed by atoms with E-state index in [-0.39, 0.29) is 5.82 Å². The molecular formula is C18H23FN2. The second kappa shape index (κ2) is 6.72. The van der Waals surface area contributed by atoms with Gasteiger partial charge in [0.1, 0.15) is 5.82 Å². The molecule has 0 heterocycles. The maximum Gasteiger partial charge on any atom is 0.147 e. The van der Waals surface area contributed by atoms with Crippen LogP contribution in [0.25, 0.3) is 0 Å². The molecule has 0 aliphatic rings. The molecule has 3 heteroatoms. The highest BCUT2D eigenvalue weighted by Crippen LogP contribution is 2.30. The molecule has 0 atom stereocenters. The minimum atomic E-state index is -0.193. The lowest BCUT2D eigenvalue weighted by Gasteiger charge is -2.24. The fourth-order valence-electron chi connectivity index (χ4n) is 2.36. The molecule has 0 bridgehead atoms. The van der Waals surface area contributed by atoms with Gasteiger partial charge in [-0.05, 0) is 36.2 Å². The van der Waals surface area contributed by atoms with Gasteiger partial charge in [-0.1, -0.05) is 38.1 Å². The first kappa shape index (κ1) is 15.5. The molecule has 2 aromatic carbocycles. The third-order valence-corrected chi connectivity index (χ3v) is 3.50. The Morgan fingerprint density at radius 3 is 2.52 bits per heavy atom. The van der Waals surface area contributed by atoms with Crippen LogP contribution in [0, 0.1) is 12.7 Å². The standard InChI is InChI=1S/C18H23FN2/c1-13(2)20-12-15-8-6-10-17(19)18(15)21(4)16-9-5-7-14(3)11-16/h5-11,13,20H,12H2,1-4H3. The number of aryl methyl sites for hydroxylation is 1. The molecule has 0 spiro atoms. The van der Waals surface area contributed by atoms with Crippen LogP contribution < -0.4 is 10.2 Å². The van der Waals surface area contributed by atoms with Crippen LogP contribution in [0.2, 0.25) is 0 Å². The van der Waals surface area contributed by atoms with E-state index in [1.54, 1.807) is 6.07 Å². The number of nitrogens with one attached hydrogen (secondary N) is 1. The first-order chi connectivity index (χ1) is 9.99. The van der Waals surface area contributed by atoms with Gasteiger partial charge in [0.15, 0.2) is 0 Å². The SMILES string of the molecule is Cc1cccc(N(C)c2c(F)cccc2CNC(C)C)c1. The number of nitrogens with zero attached hydrogens (tertiary/aromatic N) is 1. The van der Waals surface area contributed by atoms with E-state index in [2.05, 4.69) is 25.2 Å². The van der Waals surface area contributed by atoms with Crippen LogP contribution in [0.5, 0.6) is 0 Å². The predicted octanol–water partition coefficient (Wildman–Crippen LogP) is 4.40. The van der Waals surface area contributed by atoms with Crippen molar-refractivity contribution >= 4 is 11.4 Å². The average Bonchev–Trinajstić information content (AvgIpc) is 2.44. The largest absolute Gasteiger partial charge is 0.342 e. The Morgan fingerprint density at radius 1 is 1.14 bits per heavy atom. The summed E-state index contributed by atoms with van der Waals surface area (Å²) in [5.74, 6) is -0.193. The lowest BCUT2D eigenvalue weighted by molar-refractivity contribution is 0.582. The summed E-state index contributed by atoms with van der Waals surface area (Å²) in [6.45, 7) is 6.87. The summed E-state index contributed by atoms with van der Waals surface area (Å²) in [7, 11) is 1.91. The smallest absolute Gasteiger partial charge is 0.147 e. The molecule has 112 valence electrons. The zero-order valence-corrected chi connectivity index (χ0v) is 13.2. The predicted molar refractivity (Wildman–Crippen MR) is 87.6 cm³/mol. The van der Waals surface area contributed by atoms with Crippen molar-refractivity contribution in [3.63, 3.8) is 0 Å². The normalized spacial score (nSPS) is 11.0. The molecule has 2 nitrogen and oxygen atoms in total. The molecule has 21 heavy (non-hydrogen) atoms. The molecular weight excluding hydrogens is 263 g/mol. The van der Waals surface area contributed by atoms with E-state index < -0.39 is 0 Å². The Labute approximate surface area is 126 Å². The van der Waals surface area contributed by atoms with Gasteiger partial charge in [-0.25, -0.2) is 4.39 Å². The van der Waals surface area contributed by atoms with Crippen molar-refractivity contribution in [2.75, 3.05) is 11.9 Å². The molecule has 0 fully saturated rings. The van der Waals surface area contributed by atoms with Crippen LogP contribution in [0.4, 0.5) is 15.8 Å². The number of hydrogen-bond donors (Lipinski definition) is 1. The van der Waals surface area contributed by atoms with E-state index in [1.807, 2.05) is 43.1 Å². The van der Waals surface area contributed by atoms with Gasteiger partial charge in [0.2, 0.25) is 0 Å². The van der Waals surface area contributed by atoms with E-state index in [1.165, 1.54) is 6.07 Å². The molecule has 0 aromatic heterocycles. The summed E-state index contributed by atoms with van der Waals surface area (Å²) in [6, 6.07) is 13.7. The van der Waals surface area contributed by atoms with Gasteiger partial charge in [0, 0.05) is 25.3 Å². The van der Waals surface area contributed by atoms with Crippen molar-refractivity contribution in [1.82, 2.24) is 5.32 Å². The van der Waals surface area contributed by atoms with Crippen molar-refractivity contribution in [3.05, 3.63) is 59.4 Å². The minimum Gasteiger partial charge on any atom is -0.342 e. The zero-order valence-electron chi connectivity index (χ0n) is 13.2. The van der Waals surface area contributed by atoms with E-state index in [9.17, 15) is 4.39 Å².